The highest BCUT2D eigenvalue weighted by Gasteiger charge is 2.13. The van der Waals surface area contributed by atoms with Crippen molar-refractivity contribution in [3.05, 3.63) is 29.3 Å². The first-order chi connectivity index (χ1) is 7.63. The second-order valence-corrected chi connectivity index (χ2v) is 3.34. The van der Waals surface area contributed by atoms with Crippen LogP contribution in [0, 0.1) is 12.3 Å². The Kier molecular flexibility index (Phi) is 3.96. The molecule has 3 heteroatoms. The molecule has 3 nitrogen and oxygen atoms in total. The van der Waals surface area contributed by atoms with Gasteiger partial charge in [0.25, 0.3) is 0 Å². The lowest BCUT2D eigenvalue weighted by Crippen LogP contribution is -2.04. The van der Waals surface area contributed by atoms with Crippen molar-refractivity contribution in [2.45, 2.75) is 12.8 Å². The van der Waals surface area contributed by atoms with Gasteiger partial charge in [-0.2, -0.15) is 0 Å². The van der Waals surface area contributed by atoms with Gasteiger partial charge in [-0.3, -0.25) is 0 Å². The van der Waals surface area contributed by atoms with Crippen LogP contribution in [0.15, 0.2) is 18.2 Å². The minimum Gasteiger partial charge on any atom is -0.496 e. The molecule has 0 heterocycles. The fourth-order valence-electron chi connectivity index (χ4n) is 1.41. The van der Waals surface area contributed by atoms with Crippen molar-refractivity contribution in [1.29, 1.82) is 0 Å². The Balaban J connectivity index is 3.22. The third-order valence-corrected chi connectivity index (χ3v) is 2.37. The van der Waals surface area contributed by atoms with Crippen molar-refractivity contribution in [2.24, 2.45) is 0 Å². The van der Waals surface area contributed by atoms with E-state index >= 15 is 0 Å². The molecule has 16 heavy (non-hydrogen) atoms. The Labute approximate surface area is 95.4 Å². The topological polar surface area (TPSA) is 35.5 Å². The second kappa shape index (κ2) is 5.22. The molecule has 0 radical (unpaired) electrons. The number of carbonyl (C=O) groups excluding carboxylic acids is 1. The zero-order valence-corrected chi connectivity index (χ0v) is 9.61. The first-order valence-corrected chi connectivity index (χ1v) is 4.86. The smallest absolute Gasteiger partial charge is 0.337 e. The lowest BCUT2D eigenvalue weighted by molar-refractivity contribution is 0.0600. The van der Waals surface area contributed by atoms with Crippen molar-refractivity contribution >= 4 is 5.97 Å². The predicted octanol–water partition coefficient (Wildman–Crippen LogP) is 2.22. The van der Waals surface area contributed by atoms with Gasteiger partial charge in [-0.05, 0) is 25.1 Å². The maximum Gasteiger partial charge on any atom is 0.337 e. The minimum atomic E-state index is -0.381. The van der Waals surface area contributed by atoms with Crippen LogP contribution in [0.5, 0.6) is 5.75 Å². The molecule has 0 saturated heterocycles. The molecule has 0 saturated carbocycles. The quantitative estimate of drug-likeness (QED) is 0.576. The maximum atomic E-state index is 11.4. The monoisotopic (exact) mass is 218 g/mol. The summed E-state index contributed by atoms with van der Waals surface area (Å²) in [7, 11) is 2.91. The molecule has 1 aromatic carbocycles. The van der Waals surface area contributed by atoms with Crippen LogP contribution in [0.4, 0.5) is 0 Å². The molecule has 0 aromatic heterocycles. The third-order valence-electron chi connectivity index (χ3n) is 2.37. The van der Waals surface area contributed by atoms with Crippen molar-refractivity contribution in [1.82, 2.24) is 0 Å². The van der Waals surface area contributed by atoms with Gasteiger partial charge >= 0.3 is 5.97 Å². The highest BCUT2D eigenvalue weighted by atomic mass is 16.5. The summed E-state index contributed by atoms with van der Waals surface area (Å²) in [6, 6.07) is 5.07. The largest absolute Gasteiger partial charge is 0.496 e. The van der Waals surface area contributed by atoms with Crippen LogP contribution in [-0.2, 0) is 4.74 Å². The minimum absolute atomic E-state index is 0.112. The Hall–Kier alpha value is -1.95. The van der Waals surface area contributed by atoms with E-state index in [1.165, 1.54) is 7.11 Å². The summed E-state index contributed by atoms with van der Waals surface area (Å²) in [5, 5.41) is 0. The van der Waals surface area contributed by atoms with E-state index in [9.17, 15) is 4.79 Å². The summed E-state index contributed by atoms with van der Waals surface area (Å²) >= 11 is 0. The van der Waals surface area contributed by atoms with Gasteiger partial charge in [0.05, 0.1) is 19.8 Å². The molecular weight excluding hydrogens is 204 g/mol. The summed E-state index contributed by atoms with van der Waals surface area (Å²) in [5.74, 6) is 2.79. The lowest BCUT2D eigenvalue weighted by atomic mass is 9.98. The van der Waals surface area contributed by atoms with Gasteiger partial charge in [0.1, 0.15) is 5.75 Å². The zero-order chi connectivity index (χ0) is 12.1. The average Bonchev–Trinajstić information content (AvgIpc) is 2.35. The summed E-state index contributed by atoms with van der Waals surface area (Å²) in [4.78, 5) is 11.4. The number of methoxy groups -OCH3 is 2. The number of benzene rings is 1. The van der Waals surface area contributed by atoms with Crippen LogP contribution in [0.3, 0.4) is 0 Å². The summed E-state index contributed by atoms with van der Waals surface area (Å²) in [5.41, 5.74) is 1.29. The molecule has 0 N–H and O–H groups in total. The second-order valence-electron chi connectivity index (χ2n) is 3.34. The van der Waals surface area contributed by atoms with Gasteiger partial charge in [-0.25, -0.2) is 4.79 Å². The Morgan fingerprint density at radius 2 is 2.12 bits per heavy atom. The van der Waals surface area contributed by atoms with Crippen LogP contribution >= 0.6 is 0 Å². The Morgan fingerprint density at radius 3 is 2.62 bits per heavy atom. The van der Waals surface area contributed by atoms with E-state index in [1.54, 1.807) is 25.3 Å². The molecule has 0 aliphatic carbocycles. The fourth-order valence-corrected chi connectivity index (χ4v) is 1.41. The van der Waals surface area contributed by atoms with Crippen LogP contribution in [-0.4, -0.2) is 20.2 Å². The molecule has 0 bridgehead atoms. The van der Waals surface area contributed by atoms with Gasteiger partial charge in [-0.1, -0.05) is 5.92 Å². The standard InChI is InChI=1S/C13H14O3/c1-5-9(2)11-8-10(13(14)16-4)6-7-12(11)15-3/h1,6-9H,2-4H3. The number of esters is 1. The summed E-state index contributed by atoms with van der Waals surface area (Å²) in [6.45, 7) is 1.87. The van der Waals surface area contributed by atoms with E-state index in [1.807, 2.05) is 6.92 Å². The van der Waals surface area contributed by atoms with Crippen LogP contribution < -0.4 is 4.74 Å². The molecule has 84 valence electrons. The normalized spacial score (nSPS) is 11.4. The number of hydrogen-bond donors (Lipinski definition) is 0. The first-order valence-electron chi connectivity index (χ1n) is 4.86. The van der Waals surface area contributed by atoms with Gasteiger partial charge in [0.2, 0.25) is 0 Å². The number of rotatable bonds is 3. The van der Waals surface area contributed by atoms with Gasteiger partial charge < -0.3 is 9.47 Å². The van der Waals surface area contributed by atoms with E-state index in [-0.39, 0.29) is 11.9 Å². The average molecular weight is 218 g/mol. The van der Waals surface area contributed by atoms with E-state index < -0.39 is 0 Å². The number of ether oxygens (including phenoxy) is 2. The van der Waals surface area contributed by atoms with Crippen molar-refractivity contribution in [3.63, 3.8) is 0 Å². The molecular formula is C13H14O3. The molecule has 1 atom stereocenters. The molecule has 0 amide bonds. The van der Waals surface area contributed by atoms with Crippen molar-refractivity contribution < 1.29 is 14.3 Å². The Morgan fingerprint density at radius 1 is 1.44 bits per heavy atom. The summed E-state index contributed by atoms with van der Waals surface area (Å²) < 4.78 is 9.84. The van der Waals surface area contributed by atoms with E-state index in [0.717, 1.165) is 5.56 Å². The van der Waals surface area contributed by atoms with E-state index in [4.69, 9.17) is 11.2 Å². The zero-order valence-electron chi connectivity index (χ0n) is 9.61. The highest BCUT2D eigenvalue weighted by Crippen LogP contribution is 2.27. The summed E-state index contributed by atoms with van der Waals surface area (Å²) in [6.07, 6.45) is 5.36. The van der Waals surface area contributed by atoms with Gasteiger partial charge in [0, 0.05) is 11.5 Å². The SMILES string of the molecule is C#CC(C)c1cc(C(=O)OC)ccc1OC. The van der Waals surface area contributed by atoms with Crippen LogP contribution in [0.2, 0.25) is 0 Å². The van der Waals surface area contributed by atoms with E-state index in [0.29, 0.717) is 11.3 Å². The van der Waals surface area contributed by atoms with Gasteiger partial charge in [-0.15, -0.1) is 6.42 Å². The van der Waals surface area contributed by atoms with Crippen LogP contribution in [0.1, 0.15) is 28.8 Å². The third kappa shape index (κ3) is 2.34. The molecule has 1 rings (SSSR count). The van der Waals surface area contributed by atoms with E-state index in [2.05, 4.69) is 10.7 Å². The molecule has 1 unspecified atom stereocenters. The van der Waals surface area contributed by atoms with Crippen molar-refractivity contribution in [3.8, 4) is 18.1 Å². The fraction of sp³-hybridized carbons (Fsp3) is 0.308. The lowest BCUT2D eigenvalue weighted by Gasteiger charge is -2.12. The van der Waals surface area contributed by atoms with Crippen LogP contribution in [0.25, 0.3) is 0 Å². The van der Waals surface area contributed by atoms with Crippen molar-refractivity contribution in [2.75, 3.05) is 14.2 Å². The molecule has 1 aromatic rings. The number of carbonyl (C=O) groups is 1. The number of hydrogen-bond acceptors (Lipinski definition) is 3. The maximum absolute atomic E-state index is 11.4. The number of terminal acetylenes is 1. The molecule has 0 aliphatic rings. The molecule has 0 spiro atoms. The van der Waals surface area contributed by atoms with Gasteiger partial charge in [0.15, 0.2) is 0 Å². The first kappa shape index (κ1) is 12.1. The molecule has 0 fully saturated rings. The molecule has 0 aliphatic heterocycles. The highest BCUT2D eigenvalue weighted by molar-refractivity contribution is 5.89. The Bertz CT molecular complexity index is 429. The predicted molar refractivity (Wildman–Crippen MR) is 61.6 cm³/mol.